The normalized spacial score (nSPS) is 24.6. The number of hydrogen-bond acceptors (Lipinski definition) is 4. The number of aromatic nitrogens is 1. The zero-order valence-electron chi connectivity index (χ0n) is 13.5. The predicted octanol–water partition coefficient (Wildman–Crippen LogP) is 2.60. The minimum absolute atomic E-state index is 0.0590. The third kappa shape index (κ3) is 3.13. The molecule has 124 valence electrons. The van der Waals surface area contributed by atoms with Gasteiger partial charge in [-0.05, 0) is 45.4 Å². The van der Waals surface area contributed by atoms with E-state index in [1.807, 2.05) is 22.1 Å². The van der Waals surface area contributed by atoms with E-state index in [-0.39, 0.29) is 23.7 Å². The van der Waals surface area contributed by atoms with Gasteiger partial charge in [0.25, 0.3) is 0 Å². The highest BCUT2D eigenvalue weighted by molar-refractivity contribution is 7.14. The summed E-state index contributed by atoms with van der Waals surface area (Å²) in [6.45, 7) is 3.38. The second-order valence-corrected chi connectivity index (χ2v) is 7.95. The molecule has 23 heavy (non-hydrogen) atoms. The Balaban J connectivity index is 1.48. The molecule has 1 atom stereocenters. The summed E-state index contributed by atoms with van der Waals surface area (Å²) in [6.07, 6.45) is 6.02. The Morgan fingerprint density at radius 3 is 2.61 bits per heavy atom. The van der Waals surface area contributed by atoms with E-state index < -0.39 is 0 Å². The van der Waals surface area contributed by atoms with Gasteiger partial charge in [-0.2, -0.15) is 0 Å². The van der Waals surface area contributed by atoms with Crippen LogP contribution < -0.4 is 4.90 Å². The van der Waals surface area contributed by atoms with E-state index in [1.54, 1.807) is 11.3 Å². The van der Waals surface area contributed by atoms with Gasteiger partial charge in [-0.3, -0.25) is 14.5 Å². The molecule has 2 heterocycles. The van der Waals surface area contributed by atoms with Crippen LogP contribution in [-0.4, -0.2) is 40.8 Å². The van der Waals surface area contributed by atoms with Crippen LogP contribution in [0.4, 0.5) is 5.13 Å². The lowest BCUT2D eigenvalue weighted by Gasteiger charge is -2.34. The van der Waals surface area contributed by atoms with Crippen LogP contribution in [0.2, 0.25) is 0 Å². The third-order valence-electron chi connectivity index (χ3n) is 4.97. The summed E-state index contributed by atoms with van der Waals surface area (Å²) in [6, 6.07) is 0.322. The van der Waals surface area contributed by atoms with Crippen LogP contribution in [0.15, 0.2) is 5.38 Å². The molecule has 1 aromatic heterocycles. The zero-order chi connectivity index (χ0) is 16.0. The number of nitrogens with zero attached hydrogens (tertiary/aromatic N) is 3. The molecule has 3 aliphatic rings. The van der Waals surface area contributed by atoms with Crippen molar-refractivity contribution in [1.82, 2.24) is 9.88 Å². The van der Waals surface area contributed by atoms with Crippen molar-refractivity contribution in [3.05, 3.63) is 11.1 Å². The predicted molar refractivity (Wildman–Crippen MR) is 89.4 cm³/mol. The quantitative estimate of drug-likeness (QED) is 0.851. The molecule has 3 fully saturated rings. The van der Waals surface area contributed by atoms with Crippen LogP contribution >= 0.6 is 11.3 Å². The molecule has 0 N–H and O–H groups in total. The van der Waals surface area contributed by atoms with Gasteiger partial charge >= 0.3 is 0 Å². The standard InChI is InChI=1S/C17H23N3O2S/c1-11-10-23-17(18-11)20(14-6-7-14)16(22)13-3-2-8-19(9-13)15(21)12-4-5-12/h10,12-14H,2-9H2,1H3. The smallest absolute Gasteiger partial charge is 0.233 e. The second kappa shape index (κ2) is 5.89. The molecule has 0 aromatic carbocycles. The highest BCUT2D eigenvalue weighted by Gasteiger charge is 2.41. The fraction of sp³-hybridized carbons (Fsp3) is 0.706. The molecule has 2 aliphatic carbocycles. The van der Waals surface area contributed by atoms with Crippen LogP contribution in [0.25, 0.3) is 0 Å². The number of hydrogen-bond donors (Lipinski definition) is 0. The van der Waals surface area contributed by atoms with Gasteiger partial charge in [0, 0.05) is 30.4 Å². The first-order chi connectivity index (χ1) is 11.1. The van der Waals surface area contributed by atoms with Crippen LogP contribution in [0.5, 0.6) is 0 Å². The summed E-state index contributed by atoms with van der Waals surface area (Å²) in [7, 11) is 0. The Labute approximate surface area is 140 Å². The molecule has 0 bridgehead atoms. The maximum absolute atomic E-state index is 13.1. The Bertz CT molecular complexity index is 621. The van der Waals surface area contributed by atoms with Crippen molar-refractivity contribution in [2.45, 2.75) is 51.5 Å². The van der Waals surface area contributed by atoms with Gasteiger partial charge in [0.05, 0.1) is 11.6 Å². The number of carbonyl (C=O) groups excluding carboxylic acids is 2. The van der Waals surface area contributed by atoms with Crippen molar-refractivity contribution in [3.63, 3.8) is 0 Å². The molecular formula is C17H23N3O2S. The van der Waals surface area contributed by atoms with E-state index in [0.717, 1.165) is 55.9 Å². The van der Waals surface area contributed by atoms with Gasteiger partial charge in [-0.25, -0.2) is 4.98 Å². The average molecular weight is 333 g/mol. The number of aryl methyl sites for hydroxylation is 1. The molecule has 5 nitrogen and oxygen atoms in total. The Morgan fingerprint density at radius 2 is 2.00 bits per heavy atom. The number of amides is 2. The maximum Gasteiger partial charge on any atom is 0.233 e. The molecule has 2 saturated carbocycles. The van der Waals surface area contributed by atoms with Crippen molar-refractivity contribution < 1.29 is 9.59 Å². The van der Waals surface area contributed by atoms with Gasteiger partial charge in [0.1, 0.15) is 0 Å². The first-order valence-corrected chi connectivity index (χ1v) is 9.55. The maximum atomic E-state index is 13.1. The van der Waals surface area contributed by atoms with Gasteiger partial charge in [0.2, 0.25) is 11.8 Å². The fourth-order valence-electron chi connectivity index (χ4n) is 3.38. The summed E-state index contributed by atoms with van der Waals surface area (Å²) < 4.78 is 0. The summed E-state index contributed by atoms with van der Waals surface area (Å²) in [5, 5.41) is 2.84. The van der Waals surface area contributed by atoms with Gasteiger partial charge in [-0.15, -0.1) is 11.3 Å². The molecule has 1 aromatic rings. The molecule has 0 spiro atoms. The van der Waals surface area contributed by atoms with E-state index in [4.69, 9.17) is 0 Å². The highest BCUT2D eigenvalue weighted by atomic mass is 32.1. The number of carbonyl (C=O) groups is 2. The average Bonchev–Trinajstić information content (AvgIpc) is 3.46. The van der Waals surface area contributed by atoms with Crippen LogP contribution in [-0.2, 0) is 9.59 Å². The SMILES string of the molecule is Cc1csc(N(C(=O)C2CCCN(C(=O)C3CC3)C2)C2CC2)n1. The lowest BCUT2D eigenvalue weighted by Crippen LogP contribution is -2.48. The number of rotatable bonds is 4. The third-order valence-corrected chi connectivity index (χ3v) is 5.93. The fourth-order valence-corrected chi connectivity index (χ4v) is 4.26. The number of likely N-dealkylation sites (tertiary alicyclic amines) is 1. The Morgan fingerprint density at radius 1 is 1.22 bits per heavy atom. The van der Waals surface area contributed by atoms with E-state index in [1.165, 1.54) is 0 Å². The van der Waals surface area contributed by atoms with E-state index in [2.05, 4.69) is 4.98 Å². The largest absolute Gasteiger partial charge is 0.342 e. The molecule has 1 aliphatic heterocycles. The minimum Gasteiger partial charge on any atom is -0.342 e. The Kier molecular flexibility index (Phi) is 3.87. The first kappa shape index (κ1) is 15.1. The first-order valence-electron chi connectivity index (χ1n) is 8.67. The minimum atomic E-state index is -0.0590. The number of piperidine rings is 1. The second-order valence-electron chi connectivity index (χ2n) is 7.11. The monoisotopic (exact) mass is 333 g/mol. The summed E-state index contributed by atoms with van der Waals surface area (Å²) in [4.78, 5) is 33.8. The molecule has 4 rings (SSSR count). The van der Waals surface area contributed by atoms with E-state index in [0.29, 0.717) is 12.6 Å². The van der Waals surface area contributed by atoms with Crippen molar-refractivity contribution in [1.29, 1.82) is 0 Å². The topological polar surface area (TPSA) is 53.5 Å². The number of thiazole rings is 1. The van der Waals surface area contributed by atoms with Crippen molar-refractivity contribution >= 4 is 28.3 Å². The highest BCUT2D eigenvalue weighted by Crippen LogP contribution is 2.37. The van der Waals surface area contributed by atoms with E-state index >= 15 is 0 Å². The summed E-state index contributed by atoms with van der Waals surface area (Å²) in [5.74, 6) is 0.627. The lowest BCUT2D eigenvalue weighted by molar-refractivity contribution is -0.136. The molecule has 0 radical (unpaired) electrons. The summed E-state index contributed by atoms with van der Waals surface area (Å²) in [5.41, 5.74) is 0.970. The van der Waals surface area contributed by atoms with Crippen molar-refractivity contribution in [2.75, 3.05) is 18.0 Å². The molecular weight excluding hydrogens is 310 g/mol. The number of anilines is 1. The molecule has 2 amide bonds. The summed E-state index contributed by atoms with van der Waals surface area (Å²) >= 11 is 1.55. The molecule has 1 unspecified atom stereocenters. The molecule has 6 heteroatoms. The van der Waals surface area contributed by atoms with Crippen molar-refractivity contribution in [2.24, 2.45) is 11.8 Å². The zero-order valence-corrected chi connectivity index (χ0v) is 14.3. The van der Waals surface area contributed by atoms with Gasteiger partial charge in [-0.1, -0.05) is 0 Å². The Hall–Kier alpha value is -1.43. The van der Waals surface area contributed by atoms with Crippen LogP contribution in [0.1, 0.15) is 44.2 Å². The van der Waals surface area contributed by atoms with E-state index in [9.17, 15) is 9.59 Å². The lowest BCUT2D eigenvalue weighted by atomic mass is 9.96. The van der Waals surface area contributed by atoms with Gasteiger partial charge in [0.15, 0.2) is 5.13 Å². The molecule has 1 saturated heterocycles. The van der Waals surface area contributed by atoms with Crippen molar-refractivity contribution in [3.8, 4) is 0 Å². The van der Waals surface area contributed by atoms with Gasteiger partial charge < -0.3 is 4.90 Å². The van der Waals surface area contributed by atoms with Crippen LogP contribution in [0, 0.1) is 18.8 Å². The van der Waals surface area contributed by atoms with Crippen LogP contribution in [0.3, 0.4) is 0 Å².